The Balaban J connectivity index is 1.58. The Labute approximate surface area is 117 Å². The molecule has 0 amide bonds. The molecule has 1 heterocycles. The number of hydrogen-bond donors (Lipinski definition) is 2. The number of hydrogen-bond acceptors (Lipinski definition) is 4. The molecule has 3 rings (SSSR count). The highest BCUT2D eigenvalue weighted by Crippen LogP contribution is 2.18. The molecule has 20 heavy (non-hydrogen) atoms. The molecule has 0 fully saturated rings. The molecule has 0 aliphatic rings. The fourth-order valence-corrected chi connectivity index (χ4v) is 2.11. The van der Waals surface area contributed by atoms with Crippen LogP contribution in [0.1, 0.15) is 5.56 Å². The number of nitrogens with one attached hydrogen (secondary N) is 1. The van der Waals surface area contributed by atoms with Crippen molar-refractivity contribution in [2.75, 3.05) is 11.9 Å². The van der Waals surface area contributed by atoms with Crippen LogP contribution in [-0.4, -0.2) is 22.7 Å². The molecule has 0 saturated carbocycles. The van der Waals surface area contributed by atoms with Crippen LogP contribution in [0.5, 0.6) is 0 Å². The molecule has 4 heteroatoms. The molecule has 1 atom stereocenters. The SMILES string of the molecule is OC(CNc1nc2ccccc2o1)Cc1ccccc1. The van der Waals surface area contributed by atoms with Crippen molar-refractivity contribution in [2.45, 2.75) is 12.5 Å². The summed E-state index contributed by atoms with van der Waals surface area (Å²) in [7, 11) is 0. The van der Waals surface area contributed by atoms with Crippen molar-refractivity contribution in [3.63, 3.8) is 0 Å². The number of nitrogens with zero attached hydrogens (tertiary/aromatic N) is 1. The van der Waals surface area contributed by atoms with Gasteiger partial charge in [-0.15, -0.1) is 0 Å². The molecule has 0 bridgehead atoms. The molecule has 1 aromatic heterocycles. The van der Waals surface area contributed by atoms with Gasteiger partial charge < -0.3 is 14.8 Å². The molecule has 1 unspecified atom stereocenters. The fraction of sp³-hybridized carbons (Fsp3) is 0.188. The first kappa shape index (κ1) is 12.7. The van der Waals surface area contributed by atoms with E-state index in [4.69, 9.17) is 4.42 Å². The minimum Gasteiger partial charge on any atom is -0.424 e. The summed E-state index contributed by atoms with van der Waals surface area (Å²) in [6.07, 6.45) is 0.126. The van der Waals surface area contributed by atoms with E-state index in [0.717, 1.165) is 16.7 Å². The zero-order chi connectivity index (χ0) is 13.8. The summed E-state index contributed by atoms with van der Waals surface area (Å²) in [5.41, 5.74) is 2.67. The van der Waals surface area contributed by atoms with Crippen molar-refractivity contribution in [2.24, 2.45) is 0 Å². The van der Waals surface area contributed by atoms with Gasteiger partial charge >= 0.3 is 0 Å². The Bertz CT molecular complexity index is 646. The smallest absolute Gasteiger partial charge is 0.295 e. The van der Waals surface area contributed by atoms with Crippen LogP contribution >= 0.6 is 0 Å². The average molecular weight is 268 g/mol. The van der Waals surface area contributed by atoms with Crippen molar-refractivity contribution in [3.8, 4) is 0 Å². The number of oxazole rings is 1. The Morgan fingerprint density at radius 2 is 1.80 bits per heavy atom. The van der Waals surface area contributed by atoms with Crippen LogP contribution in [0.25, 0.3) is 11.1 Å². The van der Waals surface area contributed by atoms with Gasteiger partial charge in [0.25, 0.3) is 6.01 Å². The van der Waals surface area contributed by atoms with Crippen LogP contribution in [0.15, 0.2) is 59.0 Å². The van der Waals surface area contributed by atoms with Gasteiger partial charge in [-0.25, -0.2) is 0 Å². The summed E-state index contributed by atoms with van der Waals surface area (Å²) in [6, 6.07) is 17.9. The summed E-state index contributed by atoms with van der Waals surface area (Å²) < 4.78 is 5.54. The van der Waals surface area contributed by atoms with Gasteiger partial charge in [-0.05, 0) is 17.7 Å². The minimum absolute atomic E-state index is 0.404. The predicted molar refractivity (Wildman–Crippen MR) is 78.7 cm³/mol. The molecule has 2 N–H and O–H groups in total. The maximum atomic E-state index is 10.0. The van der Waals surface area contributed by atoms with Gasteiger partial charge in [0.1, 0.15) is 5.52 Å². The second-order valence-corrected chi connectivity index (χ2v) is 4.71. The zero-order valence-electron chi connectivity index (χ0n) is 11.0. The third kappa shape index (κ3) is 2.97. The monoisotopic (exact) mass is 268 g/mol. The quantitative estimate of drug-likeness (QED) is 0.747. The third-order valence-electron chi connectivity index (χ3n) is 3.10. The van der Waals surface area contributed by atoms with Crippen LogP contribution in [0.2, 0.25) is 0 Å². The van der Waals surface area contributed by atoms with Gasteiger partial charge in [0.15, 0.2) is 5.58 Å². The van der Waals surface area contributed by atoms with Crippen molar-refractivity contribution in [1.82, 2.24) is 4.98 Å². The first-order valence-electron chi connectivity index (χ1n) is 6.63. The molecular weight excluding hydrogens is 252 g/mol. The number of para-hydroxylation sites is 2. The van der Waals surface area contributed by atoms with Crippen LogP contribution in [0, 0.1) is 0 Å². The maximum Gasteiger partial charge on any atom is 0.295 e. The van der Waals surface area contributed by atoms with E-state index in [2.05, 4.69) is 10.3 Å². The van der Waals surface area contributed by atoms with E-state index in [1.165, 1.54) is 0 Å². The van der Waals surface area contributed by atoms with E-state index < -0.39 is 6.10 Å². The Morgan fingerprint density at radius 1 is 1.05 bits per heavy atom. The van der Waals surface area contributed by atoms with E-state index in [-0.39, 0.29) is 0 Å². The lowest BCUT2D eigenvalue weighted by atomic mass is 10.1. The lowest BCUT2D eigenvalue weighted by molar-refractivity contribution is 0.187. The van der Waals surface area contributed by atoms with Gasteiger partial charge in [0.2, 0.25) is 0 Å². The van der Waals surface area contributed by atoms with E-state index in [1.54, 1.807) is 0 Å². The Kier molecular flexibility index (Phi) is 3.65. The predicted octanol–water partition coefficient (Wildman–Crippen LogP) is 2.84. The lowest BCUT2D eigenvalue weighted by Gasteiger charge is -2.10. The fourth-order valence-electron chi connectivity index (χ4n) is 2.11. The molecule has 2 aromatic carbocycles. The van der Waals surface area contributed by atoms with Crippen LogP contribution in [-0.2, 0) is 6.42 Å². The highest BCUT2D eigenvalue weighted by molar-refractivity contribution is 5.74. The molecule has 0 aliphatic carbocycles. The highest BCUT2D eigenvalue weighted by Gasteiger charge is 2.08. The molecular formula is C16H16N2O2. The van der Waals surface area contributed by atoms with E-state index >= 15 is 0 Å². The van der Waals surface area contributed by atoms with Gasteiger partial charge in [-0.3, -0.25) is 0 Å². The van der Waals surface area contributed by atoms with Gasteiger partial charge in [-0.2, -0.15) is 4.98 Å². The van der Waals surface area contributed by atoms with E-state index in [0.29, 0.717) is 19.0 Å². The molecule has 4 nitrogen and oxygen atoms in total. The summed E-state index contributed by atoms with van der Waals surface area (Å²) in [4.78, 5) is 4.30. The molecule has 0 spiro atoms. The van der Waals surface area contributed by atoms with E-state index in [9.17, 15) is 5.11 Å². The van der Waals surface area contributed by atoms with Crippen LogP contribution < -0.4 is 5.32 Å². The maximum absolute atomic E-state index is 10.0. The topological polar surface area (TPSA) is 58.3 Å². The summed E-state index contributed by atoms with van der Waals surface area (Å²) >= 11 is 0. The minimum atomic E-state index is -0.479. The normalized spacial score (nSPS) is 12.4. The van der Waals surface area contributed by atoms with Gasteiger partial charge in [0.05, 0.1) is 6.10 Å². The van der Waals surface area contributed by atoms with Crippen LogP contribution in [0.3, 0.4) is 0 Å². The van der Waals surface area contributed by atoms with Crippen molar-refractivity contribution in [3.05, 3.63) is 60.2 Å². The van der Waals surface area contributed by atoms with Crippen molar-refractivity contribution < 1.29 is 9.52 Å². The second-order valence-electron chi connectivity index (χ2n) is 4.71. The van der Waals surface area contributed by atoms with Gasteiger partial charge in [0, 0.05) is 13.0 Å². The number of aromatic nitrogens is 1. The molecule has 102 valence electrons. The number of fused-ring (bicyclic) bond motifs is 1. The first-order valence-corrected chi connectivity index (χ1v) is 6.63. The average Bonchev–Trinajstić information content (AvgIpc) is 2.89. The first-order chi connectivity index (χ1) is 9.81. The third-order valence-corrected chi connectivity index (χ3v) is 3.10. The molecule has 3 aromatic rings. The molecule has 0 aliphatic heterocycles. The van der Waals surface area contributed by atoms with Crippen molar-refractivity contribution in [1.29, 1.82) is 0 Å². The standard InChI is InChI=1S/C16H16N2O2/c19-13(10-12-6-2-1-3-7-12)11-17-16-18-14-8-4-5-9-15(14)20-16/h1-9,13,19H,10-11H2,(H,17,18). The lowest BCUT2D eigenvalue weighted by Crippen LogP contribution is -2.21. The number of aliphatic hydroxyl groups excluding tert-OH is 1. The summed E-state index contributed by atoms with van der Waals surface area (Å²) in [5, 5.41) is 13.0. The molecule has 0 saturated heterocycles. The number of rotatable bonds is 5. The number of anilines is 1. The van der Waals surface area contributed by atoms with Crippen molar-refractivity contribution >= 4 is 17.1 Å². The van der Waals surface area contributed by atoms with Gasteiger partial charge in [-0.1, -0.05) is 42.5 Å². The summed E-state index contributed by atoms with van der Waals surface area (Å²) in [5.74, 6) is 0. The largest absolute Gasteiger partial charge is 0.424 e. The summed E-state index contributed by atoms with van der Waals surface area (Å²) in [6.45, 7) is 0.404. The number of benzene rings is 2. The molecule has 0 radical (unpaired) electrons. The Morgan fingerprint density at radius 3 is 2.60 bits per heavy atom. The van der Waals surface area contributed by atoms with Crippen LogP contribution in [0.4, 0.5) is 6.01 Å². The highest BCUT2D eigenvalue weighted by atomic mass is 16.4. The Hall–Kier alpha value is -2.33. The number of aliphatic hydroxyl groups is 1. The second kappa shape index (κ2) is 5.75. The zero-order valence-corrected chi connectivity index (χ0v) is 11.0. The van der Waals surface area contributed by atoms with E-state index in [1.807, 2.05) is 54.6 Å².